The lowest BCUT2D eigenvalue weighted by Crippen LogP contribution is -2.18. The first-order valence-electron chi connectivity index (χ1n) is 10.6. The molecule has 9 nitrogen and oxygen atoms in total. The van der Waals surface area contributed by atoms with Crippen LogP contribution in [0.15, 0.2) is 18.2 Å². The number of hydrogen-bond donors (Lipinski definition) is 1. The van der Waals surface area contributed by atoms with Gasteiger partial charge < -0.3 is 33.7 Å². The van der Waals surface area contributed by atoms with E-state index >= 15 is 0 Å². The summed E-state index contributed by atoms with van der Waals surface area (Å²) in [5, 5.41) is 9.82. The molecule has 0 fully saturated rings. The zero-order valence-electron chi connectivity index (χ0n) is 19.5. The molecule has 1 aliphatic heterocycles. The molecule has 1 N–H and O–H groups in total. The van der Waals surface area contributed by atoms with Crippen LogP contribution in [0.5, 0.6) is 28.7 Å². The van der Waals surface area contributed by atoms with Crippen LogP contribution in [0.4, 0.5) is 0 Å². The van der Waals surface area contributed by atoms with Gasteiger partial charge in [-0.2, -0.15) is 0 Å². The Labute approximate surface area is 192 Å². The highest BCUT2D eigenvalue weighted by Crippen LogP contribution is 2.46. The number of hydrogen-bond acceptors (Lipinski definition) is 8. The second-order valence-electron chi connectivity index (χ2n) is 7.69. The lowest BCUT2D eigenvalue weighted by Gasteiger charge is -2.19. The fraction of sp³-hybridized carbons (Fsp3) is 0.417. The Kier molecular flexibility index (Phi) is 7.65. The van der Waals surface area contributed by atoms with Crippen LogP contribution >= 0.6 is 0 Å². The van der Waals surface area contributed by atoms with E-state index < -0.39 is 5.97 Å². The highest BCUT2D eigenvalue weighted by Gasteiger charge is 2.29. The topological polar surface area (TPSA) is 104 Å². The number of Topliss-reactive ketones (excluding diaryl/α,β-unsaturated/α-hetero) is 1. The van der Waals surface area contributed by atoms with Crippen LogP contribution < -0.4 is 23.7 Å². The maximum atomic E-state index is 13.5. The van der Waals surface area contributed by atoms with Crippen molar-refractivity contribution >= 4 is 11.8 Å². The van der Waals surface area contributed by atoms with Crippen molar-refractivity contribution in [2.24, 2.45) is 0 Å². The van der Waals surface area contributed by atoms with Crippen LogP contribution in [0, 0.1) is 0 Å². The number of fused-ring (bicyclic) bond motifs is 1. The van der Waals surface area contributed by atoms with Crippen LogP contribution in [-0.4, -0.2) is 70.0 Å². The number of carbonyl (C=O) groups is 2. The smallest absolute Gasteiger partial charge is 0.340 e. The zero-order valence-corrected chi connectivity index (χ0v) is 19.5. The van der Waals surface area contributed by atoms with Gasteiger partial charge in [0.2, 0.25) is 12.5 Å². The summed E-state index contributed by atoms with van der Waals surface area (Å²) >= 11 is 0. The Bertz CT molecular complexity index is 1050. The number of rotatable bonds is 11. The average Bonchev–Trinajstić information content (AvgIpc) is 3.26. The number of benzene rings is 2. The summed E-state index contributed by atoms with van der Waals surface area (Å²) in [7, 11) is 6.67. The van der Waals surface area contributed by atoms with Crippen molar-refractivity contribution in [3.8, 4) is 28.7 Å². The van der Waals surface area contributed by atoms with Crippen molar-refractivity contribution < 1.29 is 38.4 Å². The lowest BCUT2D eigenvalue weighted by atomic mass is 9.92. The summed E-state index contributed by atoms with van der Waals surface area (Å²) in [5.41, 5.74) is 1.32. The molecule has 0 aliphatic carbocycles. The van der Waals surface area contributed by atoms with Crippen LogP contribution in [0.3, 0.4) is 0 Å². The molecule has 0 spiro atoms. The van der Waals surface area contributed by atoms with Crippen molar-refractivity contribution in [3.63, 3.8) is 0 Å². The third kappa shape index (κ3) is 4.98. The highest BCUT2D eigenvalue weighted by atomic mass is 16.7. The van der Waals surface area contributed by atoms with E-state index in [1.807, 2.05) is 32.0 Å². The van der Waals surface area contributed by atoms with Gasteiger partial charge in [0.15, 0.2) is 28.8 Å². The first-order valence-corrected chi connectivity index (χ1v) is 10.6. The Morgan fingerprint density at radius 3 is 2.48 bits per heavy atom. The number of likely N-dealkylation sites (N-methyl/N-ethyl adjacent to an activating group) is 1. The molecule has 2 aromatic rings. The van der Waals surface area contributed by atoms with E-state index in [0.717, 1.165) is 12.1 Å². The van der Waals surface area contributed by atoms with Crippen LogP contribution in [-0.2, 0) is 12.8 Å². The van der Waals surface area contributed by atoms with Crippen LogP contribution in [0.1, 0.15) is 38.8 Å². The van der Waals surface area contributed by atoms with Crippen molar-refractivity contribution in [1.29, 1.82) is 0 Å². The van der Waals surface area contributed by atoms with Crippen molar-refractivity contribution in [1.82, 2.24) is 4.90 Å². The van der Waals surface area contributed by atoms with Crippen molar-refractivity contribution in [2.75, 3.05) is 48.3 Å². The van der Waals surface area contributed by atoms with Crippen LogP contribution in [0.25, 0.3) is 0 Å². The van der Waals surface area contributed by atoms with Crippen molar-refractivity contribution in [2.45, 2.75) is 19.8 Å². The molecule has 0 unspecified atom stereocenters. The van der Waals surface area contributed by atoms with Gasteiger partial charge in [-0.25, -0.2) is 4.79 Å². The second kappa shape index (κ2) is 10.4. The molecule has 1 heterocycles. The number of aromatic carboxylic acids is 1. The third-order valence-corrected chi connectivity index (χ3v) is 5.33. The Balaban J connectivity index is 2.10. The molecule has 0 atom stereocenters. The normalized spacial score (nSPS) is 12.1. The Hall–Kier alpha value is -3.46. The van der Waals surface area contributed by atoms with Gasteiger partial charge >= 0.3 is 5.97 Å². The molecule has 1 aliphatic rings. The zero-order chi connectivity index (χ0) is 24.1. The van der Waals surface area contributed by atoms with Gasteiger partial charge in [-0.3, -0.25) is 4.79 Å². The summed E-state index contributed by atoms with van der Waals surface area (Å²) in [6.45, 7) is 3.02. The molecule has 0 saturated carbocycles. The molecule has 3 rings (SSSR count). The summed E-state index contributed by atoms with van der Waals surface area (Å²) in [4.78, 5) is 27.5. The maximum absolute atomic E-state index is 13.5. The Morgan fingerprint density at radius 2 is 1.88 bits per heavy atom. The van der Waals surface area contributed by atoms with E-state index in [-0.39, 0.29) is 41.6 Å². The molecule has 0 radical (unpaired) electrons. The quantitative estimate of drug-likeness (QED) is 0.508. The van der Waals surface area contributed by atoms with Gasteiger partial charge in [0.1, 0.15) is 5.56 Å². The predicted octanol–water partition coefficient (Wildman–Crippen LogP) is 3.06. The van der Waals surface area contributed by atoms with Gasteiger partial charge in [0.05, 0.1) is 20.8 Å². The molecule has 0 saturated heterocycles. The fourth-order valence-electron chi connectivity index (χ4n) is 3.79. The lowest BCUT2D eigenvalue weighted by molar-refractivity contribution is 0.0687. The third-order valence-electron chi connectivity index (χ3n) is 5.33. The summed E-state index contributed by atoms with van der Waals surface area (Å²) < 4.78 is 27.5. The molecule has 2 aromatic carbocycles. The number of ketones is 1. The van der Waals surface area contributed by atoms with Gasteiger partial charge in [-0.05, 0) is 51.2 Å². The number of carboxylic acid groups (broad SMARTS) is 1. The van der Waals surface area contributed by atoms with E-state index in [9.17, 15) is 14.7 Å². The standard InChI is InChI=1S/C24H29NO8/c1-6-31-21-16(14(9-10-25(2)3)11-19-23(21)33-13-32-19)12-17(26)15-7-8-18(29-4)22(30-5)20(15)24(27)28/h7-8,11H,6,9-10,12-13H2,1-5H3,(H,27,28). The molecule has 0 aromatic heterocycles. The molecule has 9 heteroatoms. The van der Waals surface area contributed by atoms with E-state index in [2.05, 4.69) is 0 Å². The molecular weight excluding hydrogens is 430 g/mol. The minimum absolute atomic E-state index is 0.000556. The van der Waals surface area contributed by atoms with E-state index in [1.54, 1.807) is 0 Å². The molecular formula is C24H29NO8. The van der Waals surface area contributed by atoms with E-state index in [1.165, 1.54) is 26.4 Å². The highest BCUT2D eigenvalue weighted by molar-refractivity contribution is 6.09. The first kappa shape index (κ1) is 24.2. The van der Waals surface area contributed by atoms with E-state index in [4.69, 9.17) is 23.7 Å². The number of nitrogens with zero attached hydrogens (tertiary/aromatic N) is 1. The molecule has 33 heavy (non-hydrogen) atoms. The second-order valence-corrected chi connectivity index (χ2v) is 7.69. The summed E-state index contributed by atoms with van der Waals surface area (Å²) in [6, 6.07) is 4.83. The van der Waals surface area contributed by atoms with Gasteiger partial charge in [-0.15, -0.1) is 0 Å². The average molecular weight is 459 g/mol. The monoisotopic (exact) mass is 459 g/mol. The van der Waals surface area contributed by atoms with Gasteiger partial charge in [-0.1, -0.05) is 0 Å². The summed E-state index contributed by atoms with van der Waals surface area (Å²) in [6.07, 6.45) is 0.564. The number of ether oxygens (including phenoxy) is 5. The summed E-state index contributed by atoms with van der Waals surface area (Å²) in [5.74, 6) is 0.0410. The molecule has 0 amide bonds. The van der Waals surface area contributed by atoms with Crippen molar-refractivity contribution in [3.05, 3.63) is 40.5 Å². The van der Waals surface area contributed by atoms with Gasteiger partial charge in [0.25, 0.3) is 0 Å². The fourth-order valence-corrected chi connectivity index (χ4v) is 3.79. The number of methoxy groups -OCH3 is 2. The molecule has 178 valence electrons. The predicted molar refractivity (Wildman–Crippen MR) is 121 cm³/mol. The van der Waals surface area contributed by atoms with E-state index in [0.29, 0.717) is 35.8 Å². The Morgan fingerprint density at radius 1 is 1.12 bits per heavy atom. The van der Waals surface area contributed by atoms with Crippen LogP contribution in [0.2, 0.25) is 0 Å². The minimum Gasteiger partial charge on any atom is -0.493 e. The molecule has 0 bridgehead atoms. The SMILES string of the molecule is CCOc1c(CC(=O)c2ccc(OC)c(OC)c2C(=O)O)c(CCN(C)C)cc2c1OCO2. The minimum atomic E-state index is -1.28. The first-order chi connectivity index (χ1) is 15.8. The number of carbonyl (C=O) groups excluding carboxylic acids is 1. The number of carboxylic acids is 1. The maximum Gasteiger partial charge on any atom is 0.340 e. The largest absolute Gasteiger partial charge is 0.493 e. The van der Waals surface area contributed by atoms with Gasteiger partial charge in [0, 0.05) is 24.1 Å².